The van der Waals surface area contributed by atoms with Gasteiger partial charge in [0.25, 0.3) is 5.91 Å². The molecule has 0 atom stereocenters. The Morgan fingerprint density at radius 1 is 0.862 bits per heavy atom. The van der Waals surface area contributed by atoms with E-state index >= 15 is 0 Å². The van der Waals surface area contributed by atoms with Gasteiger partial charge in [-0.2, -0.15) is 5.26 Å². The minimum Gasteiger partial charge on any atom is -0.453 e. The maximum absolute atomic E-state index is 12.8. The van der Waals surface area contributed by atoms with E-state index in [1.54, 1.807) is 48.5 Å². The summed E-state index contributed by atoms with van der Waals surface area (Å²) < 4.78 is 4.54. The van der Waals surface area contributed by atoms with Crippen molar-refractivity contribution in [3.8, 4) is 6.07 Å². The molecular formula is C22H17N3O3S. The third kappa shape index (κ3) is 5.15. The predicted octanol–water partition coefficient (Wildman–Crippen LogP) is 5.14. The van der Waals surface area contributed by atoms with Gasteiger partial charge in [0, 0.05) is 21.2 Å². The zero-order valence-electron chi connectivity index (χ0n) is 15.5. The van der Waals surface area contributed by atoms with Gasteiger partial charge in [-0.15, -0.1) is 0 Å². The average Bonchev–Trinajstić information content (AvgIpc) is 2.75. The molecule has 0 fully saturated rings. The smallest absolute Gasteiger partial charge is 0.411 e. The number of hydrogen-bond acceptors (Lipinski definition) is 5. The molecule has 0 heterocycles. The maximum Gasteiger partial charge on any atom is 0.411 e. The monoisotopic (exact) mass is 403 g/mol. The summed E-state index contributed by atoms with van der Waals surface area (Å²) in [4.78, 5) is 25.6. The minimum absolute atomic E-state index is 0.267. The zero-order chi connectivity index (χ0) is 20.6. The summed E-state index contributed by atoms with van der Waals surface area (Å²) in [7, 11) is 1.29. The molecular weight excluding hydrogens is 386 g/mol. The molecule has 0 saturated carbocycles. The number of carbonyl (C=O) groups excluding carboxylic acids is 2. The van der Waals surface area contributed by atoms with Crippen LogP contribution < -0.4 is 10.6 Å². The molecule has 3 aromatic rings. The molecule has 2 N–H and O–H groups in total. The van der Waals surface area contributed by atoms with Gasteiger partial charge in [0.1, 0.15) is 6.07 Å². The van der Waals surface area contributed by atoms with E-state index in [1.165, 1.54) is 18.9 Å². The highest BCUT2D eigenvalue weighted by Crippen LogP contribution is 2.33. The highest BCUT2D eigenvalue weighted by Gasteiger charge is 2.14. The molecule has 29 heavy (non-hydrogen) atoms. The van der Waals surface area contributed by atoms with Gasteiger partial charge < -0.3 is 10.1 Å². The molecule has 0 aliphatic rings. The third-order valence-corrected chi connectivity index (χ3v) is 5.09. The number of nitrogens with one attached hydrogen (secondary N) is 2. The fourth-order valence-corrected chi connectivity index (χ4v) is 3.54. The third-order valence-electron chi connectivity index (χ3n) is 3.93. The number of nitrogens with zero attached hydrogens (tertiary/aromatic N) is 1. The normalized spacial score (nSPS) is 9.93. The molecule has 6 nitrogen and oxygen atoms in total. The summed E-state index contributed by atoms with van der Waals surface area (Å²) in [6, 6.07) is 23.3. The number of benzene rings is 3. The first-order valence-corrected chi connectivity index (χ1v) is 9.45. The van der Waals surface area contributed by atoms with Crippen molar-refractivity contribution in [2.45, 2.75) is 9.79 Å². The summed E-state index contributed by atoms with van der Waals surface area (Å²) in [6.45, 7) is 0. The van der Waals surface area contributed by atoms with Crippen LogP contribution >= 0.6 is 11.8 Å². The Labute approximate surface area is 172 Å². The van der Waals surface area contributed by atoms with Gasteiger partial charge in [-0.05, 0) is 48.5 Å². The lowest BCUT2D eigenvalue weighted by molar-refractivity contribution is 0.102. The van der Waals surface area contributed by atoms with Crippen LogP contribution in [0.3, 0.4) is 0 Å². The number of methoxy groups -OCH3 is 1. The number of ether oxygens (including phenoxy) is 1. The lowest BCUT2D eigenvalue weighted by Gasteiger charge is -2.11. The van der Waals surface area contributed by atoms with Gasteiger partial charge in [0.05, 0.1) is 18.2 Å². The molecule has 0 bridgehead atoms. The van der Waals surface area contributed by atoms with Gasteiger partial charge in [-0.3, -0.25) is 10.1 Å². The van der Waals surface area contributed by atoms with Crippen molar-refractivity contribution in [1.82, 2.24) is 0 Å². The highest BCUT2D eigenvalue weighted by molar-refractivity contribution is 7.99. The van der Waals surface area contributed by atoms with Crippen LogP contribution in [-0.4, -0.2) is 19.1 Å². The molecule has 2 amide bonds. The number of nitriles is 1. The molecule has 0 aromatic heterocycles. The molecule has 0 unspecified atom stereocenters. The van der Waals surface area contributed by atoms with E-state index in [4.69, 9.17) is 0 Å². The number of anilines is 2. The van der Waals surface area contributed by atoms with Crippen LogP contribution in [0.4, 0.5) is 16.2 Å². The Balaban J connectivity index is 1.77. The second kappa shape index (κ2) is 9.44. The number of amides is 2. The van der Waals surface area contributed by atoms with Crippen molar-refractivity contribution in [3.05, 3.63) is 83.9 Å². The van der Waals surface area contributed by atoms with Crippen LogP contribution in [0.25, 0.3) is 0 Å². The first-order valence-electron chi connectivity index (χ1n) is 8.63. The lowest BCUT2D eigenvalue weighted by Crippen LogP contribution is -2.13. The van der Waals surface area contributed by atoms with Crippen LogP contribution in [-0.2, 0) is 4.74 Å². The summed E-state index contributed by atoms with van der Waals surface area (Å²) in [6.07, 6.45) is -0.564. The van der Waals surface area contributed by atoms with Crippen LogP contribution in [0.15, 0.2) is 82.6 Å². The molecule has 0 spiro atoms. The van der Waals surface area contributed by atoms with Crippen molar-refractivity contribution in [3.63, 3.8) is 0 Å². The average molecular weight is 403 g/mol. The minimum atomic E-state index is -0.564. The Bertz CT molecular complexity index is 1080. The number of hydrogen-bond donors (Lipinski definition) is 2. The van der Waals surface area contributed by atoms with Crippen molar-refractivity contribution in [1.29, 1.82) is 5.26 Å². The Kier molecular flexibility index (Phi) is 6.51. The lowest BCUT2D eigenvalue weighted by atomic mass is 10.2. The molecule has 144 valence electrons. The Morgan fingerprint density at radius 3 is 2.10 bits per heavy atom. The Morgan fingerprint density at radius 2 is 1.45 bits per heavy atom. The van der Waals surface area contributed by atoms with E-state index in [1.807, 2.05) is 24.3 Å². The molecule has 0 aliphatic carbocycles. The molecule has 3 aromatic carbocycles. The van der Waals surface area contributed by atoms with Crippen LogP contribution in [0, 0.1) is 11.3 Å². The fraction of sp³-hybridized carbons (Fsp3) is 0.0455. The summed E-state index contributed by atoms with van der Waals surface area (Å²) >= 11 is 1.37. The van der Waals surface area contributed by atoms with Gasteiger partial charge in [0.15, 0.2) is 0 Å². The molecule has 0 radical (unpaired) electrons. The SMILES string of the molecule is COC(=O)Nc1ccc(NC(=O)c2ccccc2Sc2ccccc2C#N)cc1. The van der Waals surface area contributed by atoms with Crippen LogP contribution in [0.2, 0.25) is 0 Å². The summed E-state index contributed by atoms with van der Waals surface area (Å²) in [5.74, 6) is -0.267. The molecule has 3 rings (SSSR count). The van der Waals surface area contributed by atoms with E-state index < -0.39 is 6.09 Å². The zero-order valence-corrected chi connectivity index (χ0v) is 16.3. The van der Waals surface area contributed by atoms with Gasteiger partial charge in [-0.25, -0.2) is 4.79 Å². The van der Waals surface area contributed by atoms with E-state index in [2.05, 4.69) is 21.4 Å². The molecule has 0 saturated heterocycles. The Hall–Kier alpha value is -3.76. The fourth-order valence-electron chi connectivity index (χ4n) is 2.51. The number of carbonyl (C=O) groups is 2. The second-order valence-corrected chi connectivity index (χ2v) is 6.94. The van der Waals surface area contributed by atoms with E-state index in [0.29, 0.717) is 22.5 Å². The summed E-state index contributed by atoms with van der Waals surface area (Å²) in [5, 5.41) is 14.7. The van der Waals surface area contributed by atoms with Gasteiger partial charge >= 0.3 is 6.09 Å². The van der Waals surface area contributed by atoms with E-state index in [9.17, 15) is 14.9 Å². The quantitative estimate of drug-likeness (QED) is 0.615. The van der Waals surface area contributed by atoms with Crippen molar-refractivity contribution < 1.29 is 14.3 Å². The topological polar surface area (TPSA) is 91.2 Å². The van der Waals surface area contributed by atoms with Gasteiger partial charge in [0.2, 0.25) is 0 Å². The molecule has 7 heteroatoms. The van der Waals surface area contributed by atoms with Crippen LogP contribution in [0.1, 0.15) is 15.9 Å². The second-order valence-electron chi connectivity index (χ2n) is 5.85. The first-order chi connectivity index (χ1) is 14.1. The number of rotatable bonds is 5. The predicted molar refractivity (Wildman–Crippen MR) is 112 cm³/mol. The van der Waals surface area contributed by atoms with Crippen molar-refractivity contribution in [2.75, 3.05) is 17.7 Å². The van der Waals surface area contributed by atoms with Crippen molar-refractivity contribution in [2.24, 2.45) is 0 Å². The first kappa shape index (κ1) is 20.0. The molecule has 0 aliphatic heterocycles. The van der Waals surface area contributed by atoms with Crippen molar-refractivity contribution >= 4 is 35.1 Å². The summed E-state index contributed by atoms with van der Waals surface area (Å²) in [5.41, 5.74) is 2.20. The standard InChI is InChI=1S/C22H17N3O3S/c1-28-22(27)25-17-12-10-16(11-13-17)24-21(26)18-7-3-5-9-20(18)29-19-8-4-2-6-15(19)14-23/h2-13H,1H3,(H,24,26)(H,25,27). The van der Waals surface area contributed by atoms with Gasteiger partial charge in [-0.1, -0.05) is 36.0 Å². The highest BCUT2D eigenvalue weighted by atomic mass is 32.2. The largest absolute Gasteiger partial charge is 0.453 e. The van der Waals surface area contributed by atoms with E-state index in [-0.39, 0.29) is 5.91 Å². The van der Waals surface area contributed by atoms with E-state index in [0.717, 1.165) is 9.79 Å². The maximum atomic E-state index is 12.8. The van der Waals surface area contributed by atoms with Crippen LogP contribution in [0.5, 0.6) is 0 Å².